The molecule has 0 aromatic carbocycles. The molecule has 8 nitrogen and oxygen atoms in total. The fraction of sp³-hybridized carbons (Fsp3) is 0.647. The van der Waals surface area contributed by atoms with Gasteiger partial charge in [-0.2, -0.15) is 4.98 Å². The van der Waals surface area contributed by atoms with E-state index in [-0.39, 0.29) is 0 Å². The van der Waals surface area contributed by atoms with Gasteiger partial charge in [-0.25, -0.2) is 4.68 Å². The van der Waals surface area contributed by atoms with Crippen LogP contribution < -0.4 is 5.73 Å². The Morgan fingerprint density at radius 1 is 1.32 bits per heavy atom. The minimum absolute atomic E-state index is 0.322. The summed E-state index contributed by atoms with van der Waals surface area (Å²) in [5, 5.41) is 12.5. The highest BCUT2D eigenvalue weighted by Gasteiger charge is 2.23. The monoisotopic (exact) mass is 345 g/mol. The normalized spacial score (nSPS) is 17.0. The van der Waals surface area contributed by atoms with Gasteiger partial charge in [0.2, 0.25) is 5.89 Å². The Kier molecular flexibility index (Phi) is 5.01. The molecular weight excluding hydrogens is 318 g/mol. The molecule has 2 N–H and O–H groups in total. The zero-order chi connectivity index (χ0) is 18.0. The van der Waals surface area contributed by atoms with Crippen LogP contribution in [0.15, 0.2) is 16.8 Å². The van der Waals surface area contributed by atoms with Crippen LogP contribution in [0.1, 0.15) is 64.0 Å². The number of rotatable bonds is 5. The molecule has 1 aliphatic heterocycles. The molecule has 0 amide bonds. The van der Waals surface area contributed by atoms with E-state index in [0.29, 0.717) is 24.3 Å². The molecule has 0 fully saturated rings. The predicted molar refractivity (Wildman–Crippen MR) is 94.4 cm³/mol. The van der Waals surface area contributed by atoms with Crippen LogP contribution in [0.2, 0.25) is 0 Å². The quantitative estimate of drug-likeness (QED) is 0.886. The Bertz CT molecular complexity index is 738. The van der Waals surface area contributed by atoms with E-state index >= 15 is 0 Å². The molecule has 3 heterocycles. The average Bonchev–Trinajstić information content (AvgIpc) is 3.14. The fourth-order valence-corrected chi connectivity index (χ4v) is 2.75. The molecule has 0 bridgehead atoms. The highest BCUT2D eigenvalue weighted by Crippen LogP contribution is 2.22. The molecule has 2 aromatic heterocycles. The van der Waals surface area contributed by atoms with Crippen molar-refractivity contribution in [3.8, 4) is 0 Å². The van der Waals surface area contributed by atoms with Crippen molar-refractivity contribution in [2.45, 2.75) is 58.7 Å². The minimum atomic E-state index is -0.586. The lowest BCUT2D eigenvalue weighted by Crippen LogP contribution is -2.30. The third-order valence-corrected chi connectivity index (χ3v) is 4.31. The van der Waals surface area contributed by atoms with Crippen LogP contribution >= 0.6 is 0 Å². The van der Waals surface area contributed by atoms with Gasteiger partial charge in [0.1, 0.15) is 5.69 Å². The summed E-state index contributed by atoms with van der Waals surface area (Å²) < 4.78 is 7.25. The van der Waals surface area contributed by atoms with Crippen LogP contribution in [0.5, 0.6) is 0 Å². The molecule has 0 saturated carbocycles. The molecule has 136 valence electrons. The van der Waals surface area contributed by atoms with E-state index in [2.05, 4.69) is 45.3 Å². The van der Waals surface area contributed by atoms with E-state index < -0.39 is 5.54 Å². The third kappa shape index (κ3) is 4.32. The molecular formula is C17H27N7O. The van der Waals surface area contributed by atoms with Crippen LogP contribution in [-0.2, 0) is 12.1 Å². The van der Waals surface area contributed by atoms with Crippen molar-refractivity contribution >= 4 is 5.57 Å². The highest BCUT2D eigenvalue weighted by molar-refractivity contribution is 5.62. The minimum Gasteiger partial charge on any atom is -0.338 e. The smallest absolute Gasteiger partial charge is 0.240 e. The first kappa shape index (κ1) is 17.8. The van der Waals surface area contributed by atoms with Gasteiger partial charge in [0.15, 0.2) is 5.82 Å². The predicted octanol–water partition coefficient (Wildman–Crippen LogP) is 2.12. The molecule has 25 heavy (non-hydrogen) atoms. The summed E-state index contributed by atoms with van der Waals surface area (Å²) in [6.07, 6.45) is 6.18. The van der Waals surface area contributed by atoms with Gasteiger partial charge in [-0.1, -0.05) is 16.4 Å². The van der Waals surface area contributed by atoms with Crippen molar-refractivity contribution in [1.82, 2.24) is 30.0 Å². The first-order valence-corrected chi connectivity index (χ1v) is 8.78. The number of hydrogen-bond acceptors (Lipinski definition) is 7. The Balaban J connectivity index is 1.60. The summed E-state index contributed by atoms with van der Waals surface area (Å²) in [5.74, 6) is 1.16. The van der Waals surface area contributed by atoms with Crippen molar-refractivity contribution in [2.75, 3.05) is 13.1 Å². The molecule has 3 rings (SSSR count). The van der Waals surface area contributed by atoms with Crippen molar-refractivity contribution in [2.24, 2.45) is 5.73 Å². The van der Waals surface area contributed by atoms with Gasteiger partial charge in [-0.05, 0) is 46.1 Å². The standard InChI is InChI=1S/C17H27N7O/c1-12(2)24-10-14(20-22-24)13-6-5-8-23(9-7-13)11-15-19-16(21-25-15)17(3,4)18/h6,10,12H,5,7-9,11,18H2,1-4H3. The van der Waals surface area contributed by atoms with E-state index in [1.807, 2.05) is 24.7 Å². The molecule has 0 radical (unpaired) electrons. The maximum absolute atomic E-state index is 6.01. The Labute approximate surface area is 148 Å². The van der Waals surface area contributed by atoms with Crippen LogP contribution in [0.4, 0.5) is 0 Å². The summed E-state index contributed by atoms with van der Waals surface area (Å²) in [7, 11) is 0. The van der Waals surface area contributed by atoms with Crippen LogP contribution in [0.25, 0.3) is 5.57 Å². The molecule has 1 aliphatic rings. The Morgan fingerprint density at radius 3 is 2.76 bits per heavy atom. The van der Waals surface area contributed by atoms with E-state index in [1.54, 1.807) is 0 Å². The maximum atomic E-state index is 6.01. The molecule has 0 unspecified atom stereocenters. The van der Waals surface area contributed by atoms with Crippen molar-refractivity contribution in [1.29, 1.82) is 0 Å². The first-order chi connectivity index (χ1) is 11.8. The first-order valence-electron chi connectivity index (χ1n) is 8.78. The summed E-state index contributed by atoms with van der Waals surface area (Å²) in [6, 6.07) is 0.322. The maximum Gasteiger partial charge on any atom is 0.240 e. The molecule has 0 spiro atoms. The van der Waals surface area contributed by atoms with Crippen LogP contribution in [-0.4, -0.2) is 43.1 Å². The van der Waals surface area contributed by atoms with Crippen LogP contribution in [0.3, 0.4) is 0 Å². The summed E-state index contributed by atoms with van der Waals surface area (Å²) in [4.78, 5) is 6.74. The lowest BCUT2D eigenvalue weighted by atomic mass is 10.1. The average molecular weight is 345 g/mol. The van der Waals surface area contributed by atoms with Gasteiger partial charge < -0.3 is 10.3 Å². The van der Waals surface area contributed by atoms with Gasteiger partial charge in [0.05, 0.1) is 18.3 Å². The molecule has 0 atom stereocenters. The van der Waals surface area contributed by atoms with Gasteiger partial charge in [0, 0.05) is 19.1 Å². The van der Waals surface area contributed by atoms with Gasteiger partial charge in [0.25, 0.3) is 0 Å². The van der Waals surface area contributed by atoms with Gasteiger partial charge in [-0.3, -0.25) is 4.90 Å². The highest BCUT2D eigenvalue weighted by atomic mass is 16.5. The van der Waals surface area contributed by atoms with E-state index in [0.717, 1.165) is 31.6 Å². The summed E-state index contributed by atoms with van der Waals surface area (Å²) in [5.41, 5.74) is 7.65. The Morgan fingerprint density at radius 2 is 2.12 bits per heavy atom. The Hall–Kier alpha value is -2.06. The summed E-state index contributed by atoms with van der Waals surface area (Å²) >= 11 is 0. The SMILES string of the molecule is CC(C)n1cc(C2=CCCN(Cc3nc(C(C)(C)N)no3)CC2)nn1. The van der Waals surface area contributed by atoms with Gasteiger partial charge in [-0.15, -0.1) is 5.10 Å². The van der Waals surface area contributed by atoms with Crippen molar-refractivity contribution in [3.05, 3.63) is 29.7 Å². The van der Waals surface area contributed by atoms with Crippen LogP contribution in [0, 0.1) is 0 Å². The fourth-order valence-electron chi connectivity index (χ4n) is 2.75. The largest absolute Gasteiger partial charge is 0.338 e. The second-order valence-corrected chi connectivity index (χ2v) is 7.46. The third-order valence-electron chi connectivity index (χ3n) is 4.31. The van der Waals surface area contributed by atoms with E-state index in [1.165, 1.54) is 5.57 Å². The lowest BCUT2D eigenvalue weighted by Gasteiger charge is -2.17. The molecule has 0 aliphatic carbocycles. The zero-order valence-electron chi connectivity index (χ0n) is 15.4. The zero-order valence-corrected chi connectivity index (χ0v) is 15.4. The number of nitrogens with two attached hydrogens (primary N) is 1. The second kappa shape index (κ2) is 7.05. The summed E-state index contributed by atoms with van der Waals surface area (Å²) in [6.45, 7) is 10.5. The van der Waals surface area contributed by atoms with Gasteiger partial charge >= 0.3 is 0 Å². The van der Waals surface area contributed by atoms with E-state index in [4.69, 9.17) is 10.3 Å². The second-order valence-electron chi connectivity index (χ2n) is 7.46. The number of hydrogen-bond donors (Lipinski definition) is 1. The van der Waals surface area contributed by atoms with Crippen molar-refractivity contribution in [3.63, 3.8) is 0 Å². The van der Waals surface area contributed by atoms with Crippen molar-refractivity contribution < 1.29 is 4.52 Å². The molecule has 8 heteroatoms. The number of nitrogens with zero attached hydrogens (tertiary/aromatic N) is 6. The number of aromatic nitrogens is 5. The van der Waals surface area contributed by atoms with E-state index in [9.17, 15) is 0 Å². The lowest BCUT2D eigenvalue weighted by molar-refractivity contribution is 0.236. The molecule has 2 aromatic rings. The molecule has 0 saturated heterocycles. The topological polar surface area (TPSA) is 98.9 Å².